The van der Waals surface area contributed by atoms with Crippen LogP contribution in [0.3, 0.4) is 0 Å². The first kappa shape index (κ1) is 23.3. The maximum Gasteiger partial charge on any atom is 2.00 e. The molecule has 2 nitrogen and oxygen atoms in total. The Morgan fingerprint density at radius 1 is 1.38 bits per heavy atom. The van der Waals surface area contributed by atoms with Gasteiger partial charge in [-0.25, -0.2) is 0 Å². The van der Waals surface area contributed by atoms with Crippen LogP contribution in [0.2, 0.25) is 6.32 Å². The Morgan fingerprint density at radius 3 is 1.75 bits per heavy atom. The normalized spacial score (nSPS) is 5.12. The number of hydrogen-bond acceptors (Lipinski definition) is 0. The van der Waals surface area contributed by atoms with Crippen molar-refractivity contribution in [1.29, 1.82) is 0 Å². The van der Waals surface area contributed by atoms with Crippen LogP contribution in [0.25, 0.3) is 0 Å². The van der Waals surface area contributed by atoms with E-state index in [2.05, 4.69) is 6.92 Å². The Balaban J connectivity index is -0.00000000800. The van der Waals surface area contributed by atoms with E-state index >= 15 is 0 Å². The summed E-state index contributed by atoms with van der Waals surface area (Å²) in [5.74, 6) is 0. The minimum Gasteiger partial charge on any atom is -1.00 e. The van der Waals surface area contributed by atoms with Gasteiger partial charge in [0.05, 0.1) is 7.85 Å². The molecule has 4 N–H and O–H groups in total. The van der Waals surface area contributed by atoms with Crippen molar-refractivity contribution >= 4 is 30.9 Å². The maximum absolute atomic E-state index is 5.14. The molecule has 8 heavy (non-hydrogen) atoms. The first-order chi connectivity index (χ1) is 2.41. The fraction of sp³-hybridized carbons (Fsp3) is 1.00. The Bertz CT molecular complexity index is 28.7. The van der Waals surface area contributed by atoms with Crippen LogP contribution in [-0.4, -0.2) is 41.9 Å². The Hall–Kier alpha value is 0.751. The van der Waals surface area contributed by atoms with Crippen LogP contribution >= 0.6 is 0 Å². The molecule has 0 atom stereocenters. The molecule has 0 rings (SSSR count). The minimum atomic E-state index is 0. The van der Waals surface area contributed by atoms with Crippen molar-refractivity contribution in [1.82, 2.24) is 0 Å². The van der Waals surface area contributed by atoms with Crippen molar-refractivity contribution in [3.8, 4) is 0 Å². The molecular weight excluding hydrogens is 115 g/mol. The molecule has 2 radical (unpaired) electrons. The van der Waals surface area contributed by atoms with Gasteiger partial charge in [-0.2, -0.15) is 0 Å². The smallest absolute Gasteiger partial charge is 1.00 e. The molecule has 0 aromatic carbocycles. The molecule has 0 aliphatic carbocycles. The van der Waals surface area contributed by atoms with Crippen molar-refractivity contribution in [2.45, 2.75) is 26.1 Å². The van der Waals surface area contributed by atoms with E-state index in [1.165, 1.54) is 12.8 Å². The largest absolute Gasteiger partial charge is 2.00 e. The summed E-state index contributed by atoms with van der Waals surface area (Å²) in [4.78, 5) is 0. The van der Waals surface area contributed by atoms with Gasteiger partial charge in [0.25, 0.3) is 0 Å². The molecule has 48 valence electrons. The van der Waals surface area contributed by atoms with Gasteiger partial charge in [0.15, 0.2) is 0 Å². The van der Waals surface area contributed by atoms with Crippen LogP contribution < -0.4 is 0 Å². The van der Waals surface area contributed by atoms with Gasteiger partial charge in [0, 0.05) is 0 Å². The average Bonchev–Trinajstić information content (AvgIpc) is 1.41. The van der Waals surface area contributed by atoms with Crippen LogP contribution in [0, 0.1) is 0 Å². The number of unbranched alkanes of at least 4 members (excludes halogenated alkanes) is 1. The van der Waals surface area contributed by atoms with E-state index in [-0.39, 0.29) is 36.9 Å². The molecule has 0 saturated heterocycles. The van der Waals surface area contributed by atoms with Crippen molar-refractivity contribution < 1.29 is 13.8 Å². The standard InChI is InChI=1S/C4H9B.Mg.2H2O.2H/c1-2-3-4-5;;;;;/h2-4H2,1H3;;2*1H2;;/q;+2;;;2*-1. The topological polar surface area (TPSA) is 63.0 Å². The summed E-state index contributed by atoms with van der Waals surface area (Å²) in [6.45, 7) is 2.13. The Labute approximate surface area is 71.2 Å². The second-order valence-corrected chi connectivity index (χ2v) is 1.14. The maximum atomic E-state index is 5.14. The minimum absolute atomic E-state index is 0. The molecular formula is C4H15BMgO2. The molecule has 0 fully saturated rings. The summed E-state index contributed by atoms with van der Waals surface area (Å²) in [5, 5.41) is 0. The summed E-state index contributed by atoms with van der Waals surface area (Å²) >= 11 is 0. The first-order valence-electron chi connectivity index (χ1n) is 2.12. The van der Waals surface area contributed by atoms with Crippen LogP contribution in [0.4, 0.5) is 0 Å². The zero-order chi connectivity index (χ0) is 4.12. The van der Waals surface area contributed by atoms with Gasteiger partial charge >= 0.3 is 23.1 Å². The van der Waals surface area contributed by atoms with Crippen molar-refractivity contribution in [2.24, 2.45) is 0 Å². The fourth-order valence-corrected chi connectivity index (χ4v) is 0.204. The van der Waals surface area contributed by atoms with Gasteiger partial charge in [-0.05, 0) is 0 Å². The zero-order valence-corrected chi connectivity index (χ0v) is 6.82. The average molecular weight is 130 g/mol. The van der Waals surface area contributed by atoms with E-state index in [9.17, 15) is 0 Å². The second-order valence-electron chi connectivity index (χ2n) is 1.14. The van der Waals surface area contributed by atoms with Crippen LogP contribution in [0.1, 0.15) is 22.6 Å². The summed E-state index contributed by atoms with van der Waals surface area (Å²) in [6.07, 6.45) is 3.23. The molecule has 0 aliphatic heterocycles. The van der Waals surface area contributed by atoms with Gasteiger partial charge in [0.2, 0.25) is 0 Å². The predicted octanol–water partition coefficient (Wildman–Crippen LogP) is -0.432. The molecule has 0 amide bonds. The van der Waals surface area contributed by atoms with E-state index < -0.39 is 0 Å². The third kappa shape index (κ3) is 29.5. The van der Waals surface area contributed by atoms with E-state index in [0.29, 0.717) is 0 Å². The van der Waals surface area contributed by atoms with E-state index in [1.807, 2.05) is 0 Å². The molecule has 0 spiro atoms. The SMILES string of the molecule is O.O.[B]CCCC.[H-].[H-].[Mg+2]. The zero-order valence-electron chi connectivity index (χ0n) is 7.41. The van der Waals surface area contributed by atoms with Gasteiger partial charge in [0.1, 0.15) is 0 Å². The Morgan fingerprint density at radius 2 is 1.75 bits per heavy atom. The summed E-state index contributed by atoms with van der Waals surface area (Å²) in [5.41, 5.74) is 0. The quantitative estimate of drug-likeness (QED) is 0.455. The van der Waals surface area contributed by atoms with E-state index in [0.717, 1.165) is 6.32 Å². The monoisotopic (exact) mass is 130 g/mol. The van der Waals surface area contributed by atoms with Gasteiger partial charge in [-0.1, -0.05) is 26.1 Å². The Kier molecular flexibility index (Phi) is 73.1. The number of rotatable bonds is 2. The third-order valence-electron chi connectivity index (χ3n) is 0.558. The molecule has 0 aromatic rings. The van der Waals surface area contributed by atoms with Crippen molar-refractivity contribution in [3.63, 3.8) is 0 Å². The van der Waals surface area contributed by atoms with E-state index in [1.54, 1.807) is 0 Å². The van der Waals surface area contributed by atoms with Crippen molar-refractivity contribution in [2.75, 3.05) is 0 Å². The van der Waals surface area contributed by atoms with Gasteiger partial charge in [-0.15, -0.1) is 0 Å². The molecule has 4 heteroatoms. The predicted molar refractivity (Wildman–Crippen MR) is 40.7 cm³/mol. The molecule has 0 aromatic heterocycles. The molecule has 0 heterocycles. The van der Waals surface area contributed by atoms with Gasteiger partial charge in [-0.3, -0.25) is 0 Å². The fourth-order valence-electron chi connectivity index (χ4n) is 0.204. The molecule has 0 unspecified atom stereocenters. The third-order valence-corrected chi connectivity index (χ3v) is 0.558. The summed E-state index contributed by atoms with van der Waals surface area (Å²) < 4.78 is 0. The van der Waals surface area contributed by atoms with Gasteiger partial charge < -0.3 is 13.8 Å². The molecule has 0 bridgehead atoms. The molecule has 0 saturated carbocycles. The first-order valence-corrected chi connectivity index (χ1v) is 2.12. The second kappa shape index (κ2) is 25.1. The van der Waals surface area contributed by atoms with Crippen LogP contribution in [0.5, 0.6) is 0 Å². The van der Waals surface area contributed by atoms with Crippen LogP contribution in [-0.2, 0) is 0 Å². The molecule has 0 aliphatic rings. The number of hydrogen-bond donors (Lipinski definition) is 0. The summed E-state index contributed by atoms with van der Waals surface area (Å²) in [6, 6.07) is 0. The van der Waals surface area contributed by atoms with Crippen molar-refractivity contribution in [3.05, 3.63) is 0 Å². The summed E-state index contributed by atoms with van der Waals surface area (Å²) in [7, 11) is 5.14. The van der Waals surface area contributed by atoms with E-state index in [4.69, 9.17) is 7.85 Å². The van der Waals surface area contributed by atoms with Crippen LogP contribution in [0.15, 0.2) is 0 Å².